The Hall–Kier alpha value is -2.75. The molecular formula is C18H13ClN6OS2. The number of carbonyl (C=O) groups excluding carboxylic acids is 1. The molecule has 0 spiro atoms. The first-order valence-electron chi connectivity index (χ1n) is 8.15. The fourth-order valence-electron chi connectivity index (χ4n) is 2.47. The van der Waals surface area contributed by atoms with Crippen LogP contribution in [0.1, 0.15) is 0 Å². The van der Waals surface area contributed by atoms with Crippen molar-refractivity contribution < 1.29 is 4.79 Å². The summed E-state index contributed by atoms with van der Waals surface area (Å²) in [4.78, 5) is 20.4. The largest absolute Gasteiger partial charge is 0.301 e. The SMILES string of the molecule is O=C(CSc1nnc(-c2cccnc2)n1-c1ccccc1Cl)Nc1nccs1. The number of amides is 1. The number of hydrogen-bond donors (Lipinski definition) is 1. The van der Waals surface area contributed by atoms with Gasteiger partial charge in [-0.3, -0.25) is 14.3 Å². The summed E-state index contributed by atoms with van der Waals surface area (Å²) in [6, 6.07) is 11.1. The summed E-state index contributed by atoms with van der Waals surface area (Å²) >= 11 is 9.05. The number of nitrogens with zero attached hydrogens (tertiary/aromatic N) is 5. The number of benzene rings is 1. The zero-order valence-electron chi connectivity index (χ0n) is 14.3. The van der Waals surface area contributed by atoms with Crippen molar-refractivity contribution in [2.45, 2.75) is 5.16 Å². The molecule has 0 radical (unpaired) electrons. The second-order valence-electron chi connectivity index (χ2n) is 5.51. The summed E-state index contributed by atoms with van der Waals surface area (Å²) in [5.41, 5.74) is 1.53. The van der Waals surface area contributed by atoms with Gasteiger partial charge in [-0.25, -0.2) is 4.98 Å². The molecule has 28 heavy (non-hydrogen) atoms. The summed E-state index contributed by atoms with van der Waals surface area (Å²) in [5.74, 6) is 0.593. The Labute approximate surface area is 173 Å². The second kappa shape index (κ2) is 8.51. The van der Waals surface area contributed by atoms with Crippen LogP contribution < -0.4 is 5.32 Å². The maximum Gasteiger partial charge on any atom is 0.236 e. The molecule has 3 heterocycles. The van der Waals surface area contributed by atoms with Crippen LogP contribution in [0, 0.1) is 0 Å². The number of hydrogen-bond acceptors (Lipinski definition) is 7. The van der Waals surface area contributed by atoms with Crippen molar-refractivity contribution in [2.75, 3.05) is 11.1 Å². The summed E-state index contributed by atoms with van der Waals surface area (Å²) in [5, 5.41) is 14.8. The van der Waals surface area contributed by atoms with Crippen LogP contribution in [-0.2, 0) is 4.79 Å². The Bertz CT molecular complexity index is 1080. The average Bonchev–Trinajstić information content (AvgIpc) is 3.37. The number of pyridine rings is 1. The summed E-state index contributed by atoms with van der Waals surface area (Å²) in [6.07, 6.45) is 5.04. The van der Waals surface area contributed by atoms with Gasteiger partial charge in [-0.2, -0.15) is 0 Å². The molecule has 0 unspecified atom stereocenters. The number of nitrogens with one attached hydrogen (secondary N) is 1. The van der Waals surface area contributed by atoms with Crippen LogP contribution >= 0.6 is 34.7 Å². The molecular weight excluding hydrogens is 416 g/mol. The Balaban J connectivity index is 1.65. The average molecular weight is 429 g/mol. The maximum absolute atomic E-state index is 12.2. The Morgan fingerprint density at radius 3 is 2.82 bits per heavy atom. The van der Waals surface area contributed by atoms with E-state index in [1.54, 1.807) is 30.0 Å². The predicted molar refractivity (Wildman–Crippen MR) is 111 cm³/mol. The van der Waals surface area contributed by atoms with Gasteiger partial charge in [0.2, 0.25) is 5.91 Å². The highest BCUT2D eigenvalue weighted by molar-refractivity contribution is 7.99. The van der Waals surface area contributed by atoms with E-state index in [9.17, 15) is 4.79 Å². The fraction of sp³-hybridized carbons (Fsp3) is 0.0556. The van der Waals surface area contributed by atoms with E-state index < -0.39 is 0 Å². The monoisotopic (exact) mass is 428 g/mol. The van der Waals surface area contributed by atoms with Crippen molar-refractivity contribution >= 4 is 45.7 Å². The van der Waals surface area contributed by atoms with E-state index in [0.29, 0.717) is 21.1 Å². The number of carbonyl (C=O) groups is 1. The van der Waals surface area contributed by atoms with Gasteiger partial charge in [-0.1, -0.05) is 35.5 Å². The predicted octanol–water partition coefficient (Wildman–Crippen LogP) is 4.17. The van der Waals surface area contributed by atoms with E-state index in [0.717, 1.165) is 11.3 Å². The van der Waals surface area contributed by atoms with Gasteiger partial charge >= 0.3 is 0 Å². The molecule has 10 heteroatoms. The molecule has 3 aromatic heterocycles. The van der Waals surface area contributed by atoms with Crippen molar-refractivity contribution in [3.8, 4) is 17.1 Å². The topological polar surface area (TPSA) is 85.6 Å². The van der Waals surface area contributed by atoms with Gasteiger partial charge in [-0.15, -0.1) is 21.5 Å². The zero-order chi connectivity index (χ0) is 19.3. The molecule has 0 aliphatic carbocycles. The van der Waals surface area contributed by atoms with Gasteiger partial charge in [0, 0.05) is 29.5 Å². The van der Waals surface area contributed by atoms with E-state index >= 15 is 0 Å². The summed E-state index contributed by atoms with van der Waals surface area (Å²) in [7, 11) is 0. The van der Waals surface area contributed by atoms with E-state index in [2.05, 4.69) is 25.5 Å². The van der Waals surface area contributed by atoms with Gasteiger partial charge in [0.25, 0.3) is 0 Å². The number of anilines is 1. The van der Waals surface area contributed by atoms with Crippen LogP contribution in [-0.4, -0.2) is 36.4 Å². The first-order valence-corrected chi connectivity index (χ1v) is 10.4. The number of halogens is 1. The standard InChI is InChI=1S/C18H13ClN6OS2/c19-13-5-1-2-6-14(13)25-16(12-4-3-7-20-10-12)23-24-18(25)28-11-15(26)22-17-21-8-9-27-17/h1-10H,11H2,(H,21,22,26). The molecule has 4 aromatic rings. The molecule has 0 saturated heterocycles. The lowest BCUT2D eigenvalue weighted by atomic mass is 10.2. The minimum absolute atomic E-state index is 0.162. The van der Waals surface area contributed by atoms with Crippen molar-refractivity contribution in [1.29, 1.82) is 0 Å². The minimum atomic E-state index is -0.170. The fourth-order valence-corrected chi connectivity index (χ4v) is 3.98. The Morgan fingerprint density at radius 1 is 1.18 bits per heavy atom. The van der Waals surface area contributed by atoms with Crippen LogP contribution in [0.5, 0.6) is 0 Å². The van der Waals surface area contributed by atoms with Gasteiger partial charge in [-0.05, 0) is 24.3 Å². The highest BCUT2D eigenvalue weighted by Gasteiger charge is 2.19. The molecule has 4 rings (SSSR count). The third-order valence-corrected chi connectivity index (χ3v) is 5.59. The first-order chi connectivity index (χ1) is 13.7. The molecule has 140 valence electrons. The van der Waals surface area contributed by atoms with Gasteiger partial charge in [0.15, 0.2) is 16.1 Å². The van der Waals surface area contributed by atoms with Crippen molar-refractivity contribution in [3.63, 3.8) is 0 Å². The van der Waals surface area contributed by atoms with Gasteiger partial charge in [0.1, 0.15) is 0 Å². The number of rotatable bonds is 6. The second-order valence-corrected chi connectivity index (χ2v) is 7.75. The molecule has 7 nitrogen and oxygen atoms in total. The van der Waals surface area contributed by atoms with E-state index in [1.165, 1.54) is 23.1 Å². The molecule has 0 fully saturated rings. The number of thioether (sulfide) groups is 1. The third kappa shape index (κ3) is 4.06. The van der Waals surface area contributed by atoms with E-state index in [1.807, 2.05) is 34.9 Å². The summed E-state index contributed by atoms with van der Waals surface area (Å²) < 4.78 is 1.83. The lowest BCUT2D eigenvalue weighted by molar-refractivity contribution is -0.113. The highest BCUT2D eigenvalue weighted by atomic mass is 35.5. The Kier molecular flexibility index (Phi) is 5.65. The molecule has 0 aliphatic heterocycles. The molecule has 0 saturated carbocycles. The van der Waals surface area contributed by atoms with E-state index in [4.69, 9.17) is 11.6 Å². The van der Waals surface area contributed by atoms with Crippen LogP contribution in [0.25, 0.3) is 17.1 Å². The van der Waals surface area contributed by atoms with Gasteiger partial charge < -0.3 is 5.32 Å². The lowest BCUT2D eigenvalue weighted by Gasteiger charge is -2.11. The quantitative estimate of drug-likeness (QED) is 0.464. The number of aromatic nitrogens is 5. The van der Waals surface area contributed by atoms with Gasteiger partial charge in [0.05, 0.1) is 16.5 Å². The first kappa shape index (κ1) is 18.6. The maximum atomic E-state index is 12.2. The Morgan fingerprint density at radius 2 is 2.07 bits per heavy atom. The molecule has 0 bridgehead atoms. The molecule has 0 aliphatic rings. The molecule has 1 N–H and O–H groups in total. The van der Waals surface area contributed by atoms with Crippen molar-refractivity contribution in [1.82, 2.24) is 24.7 Å². The van der Waals surface area contributed by atoms with Crippen molar-refractivity contribution in [3.05, 3.63) is 65.4 Å². The number of thiazole rings is 1. The molecule has 0 atom stereocenters. The smallest absolute Gasteiger partial charge is 0.236 e. The van der Waals surface area contributed by atoms with Crippen LogP contribution in [0.15, 0.2) is 65.5 Å². The van der Waals surface area contributed by atoms with E-state index in [-0.39, 0.29) is 11.7 Å². The lowest BCUT2D eigenvalue weighted by Crippen LogP contribution is -2.14. The molecule has 1 amide bonds. The normalized spacial score (nSPS) is 10.8. The molecule has 1 aromatic carbocycles. The summed E-state index contributed by atoms with van der Waals surface area (Å²) in [6.45, 7) is 0. The highest BCUT2D eigenvalue weighted by Crippen LogP contribution is 2.31. The van der Waals surface area contributed by atoms with Crippen LogP contribution in [0.4, 0.5) is 5.13 Å². The van der Waals surface area contributed by atoms with Crippen LogP contribution in [0.2, 0.25) is 5.02 Å². The number of para-hydroxylation sites is 1. The van der Waals surface area contributed by atoms with Crippen molar-refractivity contribution in [2.24, 2.45) is 0 Å². The zero-order valence-corrected chi connectivity index (χ0v) is 16.7. The van der Waals surface area contributed by atoms with Crippen LogP contribution in [0.3, 0.4) is 0 Å². The third-order valence-electron chi connectivity index (χ3n) is 3.66. The minimum Gasteiger partial charge on any atom is -0.301 e.